The number of thiocarbonyl (C=S) groups is 1. The summed E-state index contributed by atoms with van der Waals surface area (Å²) in [5.41, 5.74) is 5.40. The van der Waals surface area contributed by atoms with Crippen LogP contribution in [0.2, 0.25) is 0 Å². The fourth-order valence-electron chi connectivity index (χ4n) is 0.997. The summed E-state index contributed by atoms with van der Waals surface area (Å²) in [4.78, 5) is 13.5. The Kier molecular flexibility index (Phi) is 5.64. The highest BCUT2D eigenvalue weighted by Gasteiger charge is 2.22. The topological polar surface area (TPSA) is 55.6 Å². The van der Waals surface area contributed by atoms with Gasteiger partial charge in [0.25, 0.3) is 0 Å². The molecule has 2 N–H and O–H groups in total. The van der Waals surface area contributed by atoms with Gasteiger partial charge in [-0.2, -0.15) is 0 Å². The maximum absolute atomic E-state index is 11.7. The van der Waals surface area contributed by atoms with Crippen molar-refractivity contribution < 1.29 is 9.53 Å². The summed E-state index contributed by atoms with van der Waals surface area (Å²) in [5.74, 6) is -0.476. The van der Waals surface area contributed by atoms with Crippen molar-refractivity contribution >= 4 is 23.1 Å². The van der Waals surface area contributed by atoms with Crippen LogP contribution >= 0.6 is 12.2 Å². The first-order chi connectivity index (χ1) is 6.41. The van der Waals surface area contributed by atoms with Crippen molar-refractivity contribution in [1.29, 1.82) is 0 Å². The quantitative estimate of drug-likeness (QED) is 0.679. The van der Waals surface area contributed by atoms with Crippen molar-refractivity contribution in [3.63, 3.8) is 0 Å². The molecule has 2 atom stereocenters. The van der Waals surface area contributed by atoms with Crippen LogP contribution in [0.1, 0.15) is 13.8 Å². The Morgan fingerprint density at radius 2 is 2.07 bits per heavy atom. The predicted octanol–water partition coefficient (Wildman–Crippen LogP) is 0.402. The summed E-state index contributed by atoms with van der Waals surface area (Å²) in [6.45, 7) is 4.13. The second-order valence-corrected chi connectivity index (χ2v) is 3.85. The molecule has 0 aliphatic rings. The lowest BCUT2D eigenvalue weighted by Gasteiger charge is -2.26. The van der Waals surface area contributed by atoms with E-state index in [2.05, 4.69) is 0 Å². The maximum Gasteiger partial charge on any atom is 0.232 e. The van der Waals surface area contributed by atoms with Crippen LogP contribution in [0.5, 0.6) is 0 Å². The Bertz CT molecular complexity index is 221. The van der Waals surface area contributed by atoms with E-state index in [4.69, 9.17) is 22.7 Å². The van der Waals surface area contributed by atoms with Gasteiger partial charge in [0.2, 0.25) is 5.91 Å². The molecule has 0 aromatic carbocycles. The van der Waals surface area contributed by atoms with Gasteiger partial charge >= 0.3 is 0 Å². The van der Waals surface area contributed by atoms with E-state index in [-0.39, 0.29) is 16.9 Å². The molecule has 0 spiro atoms. The second kappa shape index (κ2) is 5.93. The van der Waals surface area contributed by atoms with Gasteiger partial charge in [-0.3, -0.25) is 4.79 Å². The zero-order valence-electron chi connectivity index (χ0n) is 9.11. The average molecular weight is 218 g/mol. The van der Waals surface area contributed by atoms with Crippen LogP contribution in [-0.4, -0.2) is 42.6 Å². The molecular weight excluding hydrogens is 200 g/mol. The summed E-state index contributed by atoms with van der Waals surface area (Å²) in [6, 6.07) is 0.0318. The standard InChI is InChI=1S/C9H18N2O2S/c1-6(5-13-4)11(3)9(12)7(2)8(10)14/h6-7H,5H2,1-4H3,(H2,10,14). The molecule has 1 amide bonds. The highest BCUT2D eigenvalue weighted by molar-refractivity contribution is 7.80. The second-order valence-electron chi connectivity index (χ2n) is 3.38. The lowest BCUT2D eigenvalue weighted by molar-refractivity contribution is -0.134. The first kappa shape index (κ1) is 13.3. The molecule has 14 heavy (non-hydrogen) atoms. The van der Waals surface area contributed by atoms with E-state index in [0.717, 1.165) is 0 Å². The number of carbonyl (C=O) groups excluding carboxylic acids is 1. The number of carbonyl (C=O) groups is 1. The first-order valence-electron chi connectivity index (χ1n) is 4.46. The van der Waals surface area contributed by atoms with E-state index in [9.17, 15) is 4.79 Å². The Balaban J connectivity index is 4.30. The van der Waals surface area contributed by atoms with Crippen LogP contribution in [0.25, 0.3) is 0 Å². The third kappa shape index (κ3) is 3.59. The Labute approximate surface area is 90.4 Å². The number of likely N-dealkylation sites (N-methyl/N-ethyl adjacent to an activating group) is 1. The normalized spacial score (nSPS) is 14.6. The van der Waals surface area contributed by atoms with Crippen LogP contribution in [-0.2, 0) is 9.53 Å². The first-order valence-corrected chi connectivity index (χ1v) is 4.87. The highest BCUT2D eigenvalue weighted by Crippen LogP contribution is 2.05. The minimum Gasteiger partial charge on any atom is -0.393 e. The lowest BCUT2D eigenvalue weighted by Crippen LogP contribution is -2.43. The zero-order chi connectivity index (χ0) is 11.3. The van der Waals surface area contributed by atoms with Crippen LogP contribution in [0.4, 0.5) is 0 Å². The molecule has 82 valence electrons. The summed E-state index contributed by atoms with van der Waals surface area (Å²) in [5, 5.41) is 0. The van der Waals surface area contributed by atoms with Crippen molar-refractivity contribution in [1.82, 2.24) is 4.90 Å². The molecule has 0 radical (unpaired) electrons. The number of rotatable bonds is 5. The molecule has 0 bridgehead atoms. The van der Waals surface area contributed by atoms with Gasteiger partial charge in [0.05, 0.1) is 23.6 Å². The van der Waals surface area contributed by atoms with E-state index in [1.54, 1.807) is 26.0 Å². The Morgan fingerprint density at radius 3 is 2.43 bits per heavy atom. The average Bonchev–Trinajstić information content (AvgIpc) is 2.14. The highest BCUT2D eigenvalue weighted by atomic mass is 32.1. The van der Waals surface area contributed by atoms with E-state index in [1.165, 1.54) is 0 Å². The SMILES string of the molecule is COCC(C)N(C)C(=O)C(C)C(N)=S. The minimum absolute atomic E-state index is 0.0318. The largest absolute Gasteiger partial charge is 0.393 e. The molecule has 0 heterocycles. The molecule has 0 aromatic rings. The molecule has 2 unspecified atom stereocenters. The third-order valence-corrected chi connectivity index (χ3v) is 2.57. The van der Waals surface area contributed by atoms with E-state index >= 15 is 0 Å². The monoisotopic (exact) mass is 218 g/mol. The predicted molar refractivity (Wildman–Crippen MR) is 60.1 cm³/mol. The molecule has 5 heteroatoms. The fourth-order valence-corrected chi connectivity index (χ4v) is 1.10. The molecule has 0 aliphatic carbocycles. The van der Waals surface area contributed by atoms with Crippen LogP contribution in [0, 0.1) is 5.92 Å². The summed E-state index contributed by atoms with van der Waals surface area (Å²) in [6.07, 6.45) is 0. The smallest absolute Gasteiger partial charge is 0.232 e. The number of amides is 1. The Morgan fingerprint density at radius 1 is 1.57 bits per heavy atom. The third-order valence-electron chi connectivity index (χ3n) is 2.21. The van der Waals surface area contributed by atoms with Gasteiger partial charge in [-0.25, -0.2) is 0 Å². The summed E-state index contributed by atoms with van der Waals surface area (Å²) < 4.78 is 4.96. The molecular formula is C9H18N2O2S. The number of methoxy groups -OCH3 is 1. The molecule has 0 aromatic heterocycles. The van der Waals surface area contributed by atoms with Gasteiger partial charge in [0.1, 0.15) is 0 Å². The van der Waals surface area contributed by atoms with Crippen molar-refractivity contribution in [3.8, 4) is 0 Å². The van der Waals surface area contributed by atoms with E-state index < -0.39 is 5.92 Å². The molecule has 0 aliphatic heterocycles. The van der Waals surface area contributed by atoms with Gasteiger partial charge in [0, 0.05) is 14.2 Å². The summed E-state index contributed by atoms with van der Waals surface area (Å²) >= 11 is 4.76. The van der Waals surface area contributed by atoms with E-state index in [1.807, 2.05) is 6.92 Å². The molecule has 0 fully saturated rings. The number of hydrogen-bond donors (Lipinski definition) is 1. The number of ether oxygens (including phenoxy) is 1. The number of hydrogen-bond acceptors (Lipinski definition) is 3. The van der Waals surface area contributed by atoms with Crippen molar-refractivity contribution in [2.45, 2.75) is 19.9 Å². The van der Waals surface area contributed by atoms with Gasteiger partial charge < -0.3 is 15.4 Å². The van der Waals surface area contributed by atoms with Crippen LogP contribution in [0.15, 0.2) is 0 Å². The molecule has 0 saturated heterocycles. The van der Waals surface area contributed by atoms with Crippen LogP contribution < -0.4 is 5.73 Å². The number of nitrogens with two attached hydrogens (primary N) is 1. The number of nitrogens with zero attached hydrogens (tertiary/aromatic N) is 1. The van der Waals surface area contributed by atoms with Crippen LogP contribution in [0.3, 0.4) is 0 Å². The van der Waals surface area contributed by atoms with Crippen molar-refractivity contribution in [3.05, 3.63) is 0 Å². The van der Waals surface area contributed by atoms with Gasteiger partial charge in [-0.15, -0.1) is 0 Å². The van der Waals surface area contributed by atoms with Crippen molar-refractivity contribution in [2.75, 3.05) is 20.8 Å². The lowest BCUT2D eigenvalue weighted by atomic mass is 10.1. The van der Waals surface area contributed by atoms with E-state index in [0.29, 0.717) is 6.61 Å². The molecule has 4 nitrogen and oxygen atoms in total. The maximum atomic E-state index is 11.7. The van der Waals surface area contributed by atoms with Gasteiger partial charge in [-0.05, 0) is 13.8 Å². The van der Waals surface area contributed by atoms with Crippen molar-refractivity contribution in [2.24, 2.45) is 11.7 Å². The van der Waals surface area contributed by atoms with Gasteiger partial charge in [-0.1, -0.05) is 12.2 Å². The molecule has 0 saturated carbocycles. The fraction of sp³-hybridized carbons (Fsp3) is 0.778. The minimum atomic E-state index is -0.408. The Hall–Kier alpha value is -0.680. The zero-order valence-corrected chi connectivity index (χ0v) is 9.93. The molecule has 0 rings (SSSR count). The van der Waals surface area contributed by atoms with Gasteiger partial charge in [0.15, 0.2) is 0 Å². The summed E-state index contributed by atoms with van der Waals surface area (Å²) in [7, 11) is 3.33.